The Bertz CT molecular complexity index is 746. The van der Waals surface area contributed by atoms with Crippen molar-refractivity contribution in [2.24, 2.45) is 0 Å². The maximum absolute atomic E-state index is 13.8. The summed E-state index contributed by atoms with van der Waals surface area (Å²) in [6, 6.07) is 4.74. The van der Waals surface area contributed by atoms with Gasteiger partial charge in [0.05, 0.1) is 13.2 Å². The van der Waals surface area contributed by atoms with Crippen molar-refractivity contribution in [3.8, 4) is 5.75 Å². The summed E-state index contributed by atoms with van der Waals surface area (Å²) in [6.45, 7) is 2.57. The third-order valence-corrected chi connectivity index (χ3v) is 4.58. The Hall–Kier alpha value is -2.44. The number of nitrogens with one attached hydrogen (secondary N) is 1. The number of aryl methyl sites for hydroxylation is 2. The summed E-state index contributed by atoms with van der Waals surface area (Å²) in [5, 5.41) is 7.08. The highest BCUT2D eigenvalue weighted by molar-refractivity contribution is 5.77. The van der Waals surface area contributed by atoms with Crippen LogP contribution in [0, 0.1) is 12.7 Å². The van der Waals surface area contributed by atoms with Crippen molar-refractivity contribution in [3.05, 3.63) is 41.2 Å². The van der Waals surface area contributed by atoms with Crippen LogP contribution in [0.4, 0.5) is 4.39 Å². The van der Waals surface area contributed by atoms with E-state index >= 15 is 0 Å². The first kappa shape index (κ1) is 17.4. The van der Waals surface area contributed by atoms with Gasteiger partial charge in [-0.25, -0.2) is 9.37 Å². The molecule has 1 unspecified atom stereocenters. The SMILES string of the molecule is COc1ccc(CCC(=O)N2CCCCC2c2n[nH]c(C)n2)cc1F. The average molecular weight is 346 g/mol. The molecule has 0 aliphatic carbocycles. The summed E-state index contributed by atoms with van der Waals surface area (Å²) >= 11 is 0. The molecule has 1 aromatic heterocycles. The molecule has 134 valence electrons. The molecule has 2 heterocycles. The standard InChI is InChI=1S/C18H23FN4O2/c1-12-20-18(22-21-12)15-5-3-4-10-23(15)17(24)9-7-13-6-8-16(25-2)14(19)11-13/h6,8,11,15H,3-5,7,9-10H2,1-2H3,(H,20,21,22). The van der Waals surface area contributed by atoms with Gasteiger partial charge in [-0.1, -0.05) is 6.07 Å². The number of aromatic amines is 1. The summed E-state index contributed by atoms with van der Waals surface area (Å²) in [6.07, 6.45) is 3.76. The van der Waals surface area contributed by atoms with Crippen LogP contribution in [0.1, 0.15) is 48.9 Å². The van der Waals surface area contributed by atoms with E-state index in [0.717, 1.165) is 30.7 Å². The summed E-state index contributed by atoms with van der Waals surface area (Å²) in [5.41, 5.74) is 0.786. The van der Waals surface area contributed by atoms with Crippen LogP contribution >= 0.6 is 0 Å². The van der Waals surface area contributed by atoms with Gasteiger partial charge in [0.15, 0.2) is 17.4 Å². The van der Waals surface area contributed by atoms with Crippen LogP contribution in [0.15, 0.2) is 18.2 Å². The molecule has 1 aliphatic heterocycles. The van der Waals surface area contributed by atoms with E-state index in [1.807, 2.05) is 11.8 Å². The molecule has 0 spiro atoms. The number of likely N-dealkylation sites (tertiary alicyclic amines) is 1. The van der Waals surface area contributed by atoms with Crippen LogP contribution in [0.25, 0.3) is 0 Å². The lowest BCUT2D eigenvalue weighted by Gasteiger charge is -2.34. The molecule has 1 atom stereocenters. The van der Waals surface area contributed by atoms with Crippen LogP contribution in [0.5, 0.6) is 5.75 Å². The van der Waals surface area contributed by atoms with E-state index in [2.05, 4.69) is 15.2 Å². The van der Waals surface area contributed by atoms with Crippen LogP contribution in [0.2, 0.25) is 0 Å². The first-order valence-corrected chi connectivity index (χ1v) is 8.59. The monoisotopic (exact) mass is 346 g/mol. The Labute approximate surface area is 146 Å². The maximum atomic E-state index is 13.8. The van der Waals surface area contributed by atoms with E-state index in [1.54, 1.807) is 12.1 Å². The molecule has 1 saturated heterocycles. The van der Waals surface area contributed by atoms with E-state index in [0.29, 0.717) is 25.2 Å². The Morgan fingerprint density at radius 1 is 1.44 bits per heavy atom. The molecule has 0 radical (unpaired) electrons. The number of nitrogens with zero attached hydrogens (tertiary/aromatic N) is 3. The maximum Gasteiger partial charge on any atom is 0.223 e. The second-order valence-electron chi connectivity index (χ2n) is 6.35. The van der Waals surface area contributed by atoms with Gasteiger partial charge in [0, 0.05) is 13.0 Å². The Kier molecular flexibility index (Phi) is 5.31. The number of methoxy groups -OCH3 is 1. The lowest BCUT2D eigenvalue weighted by atomic mass is 10.00. The van der Waals surface area contributed by atoms with E-state index in [9.17, 15) is 9.18 Å². The number of piperidine rings is 1. The third-order valence-electron chi connectivity index (χ3n) is 4.58. The quantitative estimate of drug-likeness (QED) is 0.903. The first-order valence-electron chi connectivity index (χ1n) is 8.59. The van der Waals surface area contributed by atoms with E-state index in [1.165, 1.54) is 13.2 Å². The fourth-order valence-corrected chi connectivity index (χ4v) is 3.27. The van der Waals surface area contributed by atoms with Crippen molar-refractivity contribution in [3.63, 3.8) is 0 Å². The smallest absolute Gasteiger partial charge is 0.223 e. The van der Waals surface area contributed by atoms with E-state index in [4.69, 9.17) is 4.74 Å². The molecule has 7 heteroatoms. The van der Waals surface area contributed by atoms with E-state index in [-0.39, 0.29) is 17.7 Å². The molecular formula is C18H23FN4O2. The molecule has 1 N–H and O–H groups in total. The zero-order valence-corrected chi connectivity index (χ0v) is 14.6. The fraction of sp³-hybridized carbons (Fsp3) is 0.500. The molecule has 1 amide bonds. The number of H-pyrrole nitrogens is 1. The van der Waals surface area contributed by atoms with Crippen molar-refractivity contribution in [2.45, 2.75) is 45.1 Å². The Balaban J connectivity index is 1.65. The molecule has 0 saturated carbocycles. The van der Waals surface area contributed by atoms with Crippen molar-refractivity contribution in [1.82, 2.24) is 20.1 Å². The van der Waals surface area contributed by atoms with Gasteiger partial charge in [-0.15, -0.1) is 0 Å². The normalized spacial score (nSPS) is 17.6. The van der Waals surface area contributed by atoms with Gasteiger partial charge in [0.25, 0.3) is 0 Å². The molecule has 25 heavy (non-hydrogen) atoms. The molecule has 3 rings (SSSR count). The second-order valence-corrected chi connectivity index (χ2v) is 6.35. The van der Waals surface area contributed by atoms with Crippen molar-refractivity contribution < 1.29 is 13.9 Å². The Morgan fingerprint density at radius 2 is 2.28 bits per heavy atom. The average Bonchev–Trinajstić information content (AvgIpc) is 3.06. The summed E-state index contributed by atoms with van der Waals surface area (Å²) in [4.78, 5) is 19.0. The lowest BCUT2D eigenvalue weighted by Crippen LogP contribution is -2.39. The summed E-state index contributed by atoms with van der Waals surface area (Å²) in [7, 11) is 1.43. The van der Waals surface area contributed by atoms with Crippen molar-refractivity contribution in [1.29, 1.82) is 0 Å². The first-order chi connectivity index (χ1) is 12.1. The highest BCUT2D eigenvalue weighted by atomic mass is 19.1. The van der Waals surface area contributed by atoms with Gasteiger partial charge in [-0.2, -0.15) is 5.10 Å². The van der Waals surface area contributed by atoms with Gasteiger partial charge in [0.1, 0.15) is 5.82 Å². The minimum absolute atomic E-state index is 0.0587. The number of aromatic nitrogens is 3. The Morgan fingerprint density at radius 3 is 2.96 bits per heavy atom. The van der Waals surface area contributed by atoms with Crippen LogP contribution in [-0.4, -0.2) is 39.6 Å². The van der Waals surface area contributed by atoms with Crippen LogP contribution in [-0.2, 0) is 11.2 Å². The topological polar surface area (TPSA) is 71.1 Å². The molecule has 6 nitrogen and oxygen atoms in total. The van der Waals surface area contributed by atoms with Crippen LogP contribution in [0.3, 0.4) is 0 Å². The largest absolute Gasteiger partial charge is 0.494 e. The fourth-order valence-electron chi connectivity index (χ4n) is 3.27. The highest BCUT2D eigenvalue weighted by Crippen LogP contribution is 2.29. The van der Waals surface area contributed by atoms with Gasteiger partial charge < -0.3 is 9.64 Å². The molecule has 1 aromatic carbocycles. The summed E-state index contributed by atoms with van der Waals surface area (Å²) in [5.74, 6) is 1.30. The zero-order valence-electron chi connectivity index (χ0n) is 14.6. The molecule has 1 aliphatic rings. The molecule has 1 fully saturated rings. The number of carbonyl (C=O) groups excluding carboxylic acids is 1. The number of hydrogen-bond donors (Lipinski definition) is 1. The zero-order chi connectivity index (χ0) is 17.8. The lowest BCUT2D eigenvalue weighted by molar-refractivity contribution is -0.135. The van der Waals surface area contributed by atoms with Crippen molar-refractivity contribution in [2.75, 3.05) is 13.7 Å². The second kappa shape index (κ2) is 7.63. The minimum atomic E-state index is -0.403. The number of carbonyl (C=O) groups is 1. The number of halogens is 1. The number of rotatable bonds is 5. The van der Waals surface area contributed by atoms with E-state index < -0.39 is 5.82 Å². The van der Waals surface area contributed by atoms with Crippen LogP contribution < -0.4 is 4.74 Å². The predicted octanol–water partition coefficient (Wildman–Crippen LogP) is 2.95. The predicted molar refractivity (Wildman–Crippen MR) is 90.7 cm³/mol. The molecule has 0 bridgehead atoms. The number of benzene rings is 1. The van der Waals surface area contributed by atoms with Gasteiger partial charge >= 0.3 is 0 Å². The summed E-state index contributed by atoms with van der Waals surface area (Å²) < 4.78 is 18.7. The minimum Gasteiger partial charge on any atom is -0.494 e. The van der Waals surface area contributed by atoms with Gasteiger partial charge in [0.2, 0.25) is 5.91 Å². The van der Waals surface area contributed by atoms with Gasteiger partial charge in [-0.3, -0.25) is 9.89 Å². The molecular weight excluding hydrogens is 323 g/mol. The van der Waals surface area contributed by atoms with Crippen molar-refractivity contribution >= 4 is 5.91 Å². The molecule has 2 aromatic rings. The number of hydrogen-bond acceptors (Lipinski definition) is 4. The third kappa shape index (κ3) is 3.97. The highest BCUT2D eigenvalue weighted by Gasteiger charge is 2.30. The van der Waals surface area contributed by atoms with Gasteiger partial charge in [-0.05, 0) is 50.3 Å². The number of amides is 1. The number of ether oxygens (including phenoxy) is 1.